The Morgan fingerprint density at radius 2 is 1.51 bits per heavy atom. The molecule has 0 fully saturated rings. The third kappa shape index (κ3) is 5.84. The molecule has 2 amide bonds. The number of hydrazone groups is 1. The first-order valence-corrected chi connectivity index (χ1v) is 11.1. The molecule has 35 heavy (non-hydrogen) atoms. The van der Waals surface area contributed by atoms with Crippen LogP contribution in [0.5, 0.6) is 5.75 Å². The van der Waals surface area contributed by atoms with Gasteiger partial charge in [-0.3, -0.25) is 9.59 Å². The Morgan fingerprint density at radius 3 is 2.31 bits per heavy atom. The molecule has 2 N–H and O–H groups in total. The van der Waals surface area contributed by atoms with Crippen LogP contribution in [0.4, 0.5) is 5.69 Å². The Bertz CT molecular complexity index is 1450. The van der Waals surface area contributed by atoms with E-state index in [1.807, 2.05) is 30.3 Å². The third-order valence-corrected chi connectivity index (χ3v) is 5.70. The molecule has 9 heteroatoms. The van der Waals surface area contributed by atoms with E-state index in [0.717, 1.165) is 10.8 Å². The number of nitrogens with zero attached hydrogens (tertiary/aromatic N) is 1. The summed E-state index contributed by atoms with van der Waals surface area (Å²) in [4.78, 5) is 36.6. The van der Waals surface area contributed by atoms with Gasteiger partial charge in [0.2, 0.25) is 0 Å². The van der Waals surface area contributed by atoms with Crippen molar-refractivity contribution in [3.63, 3.8) is 0 Å². The molecular weight excluding hydrogens is 489 g/mol. The molecule has 0 saturated carbocycles. The minimum absolute atomic E-state index is 0.125. The molecule has 0 aliphatic carbocycles. The van der Waals surface area contributed by atoms with Crippen molar-refractivity contribution in [1.29, 1.82) is 0 Å². The van der Waals surface area contributed by atoms with Gasteiger partial charge < -0.3 is 10.1 Å². The molecule has 0 unspecified atom stereocenters. The van der Waals surface area contributed by atoms with Gasteiger partial charge in [0.25, 0.3) is 0 Å². The summed E-state index contributed by atoms with van der Waals surface area (Å²) in [6, 6.07) is 24.1. The molecule has 0 aromatic heterocycles. The average molecular weight is 506 g/mol. The van der Waals surface area contributed by atoms with Gasteiger partial charge in [0.15, 0.2) is 0 Å². The number of hydrogen-bond donors (Lipinski definition) is 2. The van der Waals surface area contributed by atoms with Gasteiger partial charge in [-0.1, -0.05) is 65.7 Å². The zero-order valence-electron chi connectivity index (χ0n) is 18.0. The fourth-order valence-electron chi connectivity index (χ4n) is 3.18. The Hall–Kier alpha value is -4.20. The number of carbonyl (C=O) groups excluding carboxylic acids is 3. The van der Waals surface area contributed by atoms with Gasteiger partial charge in [0.1, 0.15) is 5.75 Å². The van der Waals surface area contributed by atoms with Crippen LogP contribution >= 0.6 is 23.2 Å². The summed E-state index contributed by atoms with van der Waals surface area (Å²) in [6.07, 6.45) is 1.34. The molecule has 0 spiro atoms. The summed E-state index contributed by atoms with van der Waals surface area (Å²) in [7, 11) is 0. The summed E-state index contributed by atoms with van der Waals surface area (Å²) in [5, 5.41) is 8.24. The molecule has 4 rings (SSSR count). The fourth-order valence-corrected chi connectivity index (χ4v) is 3.53. The van der Waals surface area contributed by atoms with Gasteiger partial charge in [-0.25, -0.2) is 10.2 Å². The Labute approximate surface area is 210 Å². The van der Waals surface area contributed by atoms with E-state index in [2.05, 4.69) is 15.8 Å². The molecule has 4 aromatic carbocycles. The summed E-state index contributed by atoms with van der Waals surface area (Å²) >= 11 is 11.9. The summed E-state index contributed by atoms with van der Waals surface area (Å²) in [5.41, 5.74) is 3.40. The Morgan fingerprint density at radius 1 is 0.800 bits per heavy atom. The van der Waals surface area contributed by atoms with Crippen molar-refractivity contribution in [1.82, 2.24) is 5.43 Å². The van der Waals surface area contributed by atoms with Gasteiger partial charge in [0, 0.05) is 0 Å². The number of amides is 2. The second-order valence-electron chi connectivity index (χ2n) is 7.24. The molecule has 0 heterocycles. The molecule has 0 aliphatic heterocycles. The van der Waals surface area contributed by atoms with Crippen LogP contribution in [0.2, 0.25) is 10.0 Å². The highest BCUT2D eigenvalue weighted by atomic mass is 35.5. The van der Waals surface area contributed by atoms with Gasteiger partial charge in [-0.05, 0) is 58.8 Å². The van der Waals surface area contributed by atoms with E-state index in [9.17, 15) is 14.4 Å². The minimum Gasteiger partial charge on any atom is -0.423 e. The lowest BCUT2D eigenvalue weighted by molar-refractivity contribution is -0.136. The first-order valence-electron chi connectivity index (χ1n) is 10.3. The molecular formula is C26H17Cl2N3O4. The highest BCUT2D eigenvalue weighted by Crippen LogP contribution is 2.29. The summed E-state index contributed by atoms with van der Waals surface area (Å²) < 4.78 is 5.49. The molecule has 174 valence electrons. The van der Waals surface area contributed by atoms with Crippen LogP contribution < -0.4 is 15.5 Å². The van der Waals surface area contributed by atoms with Crippen molar-refractivity contribution in [2.75, 3.05) is 5.32 Å². The average Bonchev–Trinajstić information content (AvgIpc) is 2.87. The topological polar surface area (TPSA) is 96.9 Å². The van der Waals surface area contributed by atoms with Crippen LogP contribution in [0.1, 0.15) is 15.9 Å². The Kier molecular flexibility index (Phi) is 7.40. The molecule has 0 radical (unpaired) electrons. The van der Waals surface area contributed by atoms with Crippen LogP contribution in [-0.2, 0) is 9.59 Å². The predicted octanol–water partition coefficient (Wildman–Crippen LogP) is 5.45. The van der Waals surface area contributed by atoms with Crippen molar-refractivity contribution in [3.05, 3.63) is 106 Å². The van der Waals surface area contributed by atoms with Crippen molar-refractivity contribution in [3.8, 4) is 5.75 Å². The van der Waals surface area contributed by atoms with E-state index in [1.54, 1.807) is 48.5 Å². The number of benzene rings is 4. The molecule has 7 nitrogen and oxygen atoms in total. The van der Waals surface area contributed by atoms with Gasteiger partial charge in [-0.15, -0.1) is 0 Å². The lowest BCUT2D eigenvalue weighted by Gasteiger charge is -2.07. The van der Waals surface area contributed by atoms with Gasteiger partial charge in [-0.2, -0.15) is 5.10 Å². The maximum atomic E-state index is 12.6. The Balaban J connectivity index is 1.33. The van der Waals surface area contributed by atoms with Crippen molar-refractivity contribution in [2.24, 2.45) is 5.10 Å². The summed E-state index contributed by atoms with van der Waals surface area (Å²) in [5.74, 6) is -2.07. The maximum Gasteiger partial charge on any atom is 0.344 e. The van der Waals surface area contributed by atoms with E-state index in [1.165, 1.54) is 12.3 Å². The molecule has 0 atom stereocenters. The third-order valence-electron chi connectivity index (χ3n) is 4.89. The zero-order chi connectivity index (χ0) is 24.8. The van der Waals surface area contributed by atoms with Crippen LogP contribution in [0.3, 0.4) is 0 Å². The summed E-state index contributed by atoms with van der Waals surface area (Å²) in [6.45, 7) is 0. The molecule has 4 aromatic rings. The number of anilines is 1. The lowest BCUT2D eigenvalue weighted by atomic mass is 10.0. The number of fused-ring (bicyclic) bond motifs is 1. The maximum absolute atomic E-state index is 12.6. The first kappa shape index (κ1) is 23.9. The number of esters is 1. The number of carbonyl (C=O) groups is 3. The van der Waals surface area contributed by atoms with Crippen LogP contribution in [0, 0.1) is 0 Å². The lowest BCUT2D eigenvalue weighted by Crippen LogP contribution is -2.32. The number of nitrogens with one attached hydrogen (secondary N) is 2. The number of halogens is 2. The van der Waals surface area contributed by atoms with E-state index >= 15 is 0 Å². The number of rotatable bonds is 5. The second kappa shape index (κ2) is 10.8. The van der Waals surface area contributed by atoms with E-state index in [0.29, 0.717) is 16.9 Å². The quantitative estimate of drug-likeness (QED) is 0.124. The monoisotopic (exact) mass is 505 g/mol. The fraction of sp³-hybridized carbons (Fsp3) is 0. The van der Waals surface area contributed by atoms with E-state index in [4.69, 9.17) is 27.9 Å². The van der Waals surface area contributed by atoms with Crippen molar-refractivity contribution >= 4 is 63.7 Å². The zero-order valence-corrected chi connectivity index (χ0v) is 19.5. The SMILES string of the molecule is O=C(NN=Cc1ccc(OC(=O)c2cccc3ccccc23)cc1)C(=O)Nc1cccc(Cl)c1Cl. The molecule has 0 saturated heterocycles. The van der Waals surface area contributed by atoms with Crippen molar-refractivity contribution < 1.29 is 19.1 Å². The van der Waals surface area contributed by atoms with Gasteiger partial charge >= 0.3 is 17.8 Å². The molecule has 0 aliphatic rings. The first-order chi connectivity index (χ1) is 16.9. The normalized spacial score (nSPS) is 10.8. The highest BCUT2D eigenvalue weighted by molar-refractivity contribution is 6.45. The minimum atomic E-state index is -0.988. The smallest absolute Gasteiger partial charge is 0.344 e. The standard InChI is InChI=1S/C26H17Cl2N3O4/c27-21-9-4-10-22(23(21)28)30-24(32)25(33)31-29-15-16-11-13-18(14-12-16)35-26(34)20-8-3-6-17-5-1-2-7-19(17)20/h1-15H,(H,30,32)(H,31,33). The molecule has 0 bridgehead atoms. The largest absolute Gasteiger partial charge is 0.423 e. The van der Waals surface area contributed by atoms with Crippen molar-refractivity contribution in [2.45, 2.75) is 0 Å². The van der Waals surface area contributed by atoms with Crippen LogP contribution in [-0.4, -0.2) is 24.0 Å². The van der Waals surface area contributed by atoms with Gasteiger partial charge in [0.05, 0.1) is 27.5 Å². The van der Waals surface area contributed by atoms with E-state index in [-0.39, 0.29) is 15.7 Å². The van der Waals surface area contributed by atoms with E-state index < -0.39 is 17.8 Å². The number of hydrogen-bond acceptors (Lipinski definition) is 5. The van der Waals surface area contributed by atoms with Crippen LogP contribution in [0.15, 0.2) is 90.0 Å². The van der Waals surface area contributed by atoms with Crippen LogP contribution in [0.25, 0.3) is 10.8 Å². The highest BCUT2D eigenvalue weighted by Gasteiger charge is 2.15. The number of ether oxygens (including phenoxy) is 1. The predicted molar refractivity (Wildman–Crippen MR) is 136 cm³/mol. The second-order valence-corrected chi connectivity index (χ2v) is 8.03.